The molecule has 0 atom stereocenters. The van der Waals surface area contributed by atoms with Gasteiger partial charge in [0.1, 0.15) is 0 Å². The van der Waals surface area contributed by atoms with Gasteiger partial charge in [0.2, 0.25) is 0 Å². The summed E-state index contributed by atoms with van der Waals surface area (Å²) in [4.78, 5) is 15.8. The zero-order valence-electron chi connectivity index (χ0n) is 9.34. The Bertz CT molecular complexity index is 530. The fraction of sp³-hybridized carbons (Fsp3) is 0.364. The lowest BCUT2D eigenvalue weighted by Crippen LogP contribution is -2.13. The molecule has 2 aromatic heterocycles. The van der Waals surface area contributed by atoms with Gasteiger partial charge >= 0.3 is 0 Å². The first-order valence-electron chi connectivity index (χ1n) is 5.21. The van der Waals surface area contributed by atoms with Gasteiger partial charge in [-0.3, -0.25) is 4.79 Å². The third-order valence-electron chi connectivity index (χ3n) is 2.38. The lowest BCUT2D eigenvalue weighted by atomic mass is 10.2. The predicted molar refractivity (Wildman–Crippen MR) is 60.5 cm³/mol. The van der Waals surface area contributed by atoms with Gasteiger partial charge in [0.05, 0.1) is 6.54 Å². The lowest BCUT2D eigenvalue weighted by molar-refractivity contribution is 0.100. The molecule has 0 saturated carbocycles. The van der Waals surface area contributed by atoms with Crippen LogP contribution < -0.4 is 5.73 Å². The topological polar surface area (TPSA) is 73.3 Å². The Morgan fingerprint density at radius 1 is 1.56 bits per heavy atom. The minimum absolute atomic E-state index is 0.0152. The Morgan fingerprint density at radius 2 is 2.31 bits per heavy atom. The summed E-state index contributed by atoms with van der Waals surface area (Å²) in [6.45, 7) is 4.07. The number of hydrogen-bond acceptors (Lipinski definition) is 4. The molecule has 2 rings (SSSR count). The van der Waals surface area contributed by atoms with Crippen LogP contribution in [0, 0.1) is 0 Å². The number of pyridine rings is 1. The fourth-order valence-corrected chi connectivity index (χ4v) is 1.43. The summed E-state index contributed by atoms with van der Waals surface area (Å²) in [5, 5.41) is 4.30. The quantitative estimate of drug-likeness (QED) is 0.780. The van der Waals surface area contributed by atoms with Crippen molar-refractivity contribution in [3.8, 4) is 0 Å². The van der Waals surface area contributed by atoms with Crippen LogP contribution in [-0.4, -0.2) is 26.9 Å². The van der Waals surface area contributed by atoms with E-state index in [2.05, 4.69) is 10.1 Å². The predicted octanol–water partition coefficient (Wildman–Crippen LogP) is 0.994. The van der Waals surface area contributed by atoms with Gasteiger partial charge in [-0.1, -0.05) is 13.8 Å². The van der Waals surface area contributed by atoms with Crippen LogP contribution in [0.2, 0.25) is 0 Å². The molecule has 5 nitrogen and oxygen atoms in total. The van der Waals surface area contributed by atoms with Crippen LogP contribution in [0.15, 0.2) is 18.3 Å². The van der Waals surface area contributed by atoms with E-state index in [4.69, 9.17) is 5.73 Å². The van der Waals surface area contributed by atoms with Gasteiger partial charge in [0.15, 0.2) is 17.3 Å². The molecule has 2 heterocycles. The largest absolute Gasteiger partial charge is 0.324 e. The van der Waals surface area contributed by atoms with Gasteiger partial charge in [0.25, 0.3) is 0 Å². The van der Waals surface area contributed by atoms with Gasteiger partial charge in [0, 0.05) is 17.7 Å². The normalized spacial score (nSPS) is 11.2. The molecule has 0 aliphatic carbocycles. The van der Waals surface area contributed by atoms with Crippen molar-refractivity contribution in [2.75, 3.05) is 6.54 Å². The second-order valence-electron chi connectivity index (χ2n) is 3.97. The minimum atomic E-state index is -0.0865. The van der Waals surface area contributed by atoms with E-state index in [-0.39, 0.29) is 18.2 Å². The van der Waals surface area contributed by atoms with Crippen molar-refractivity contribution in [3.05, 3.63) is 29.7 Å². The summed E-state index contributed by atoms with van der Waals surface area (Å²) >= 11 is 0. The van der Waals surface area contributed by atoms with Crippen molar-refractivity contribution in [1.82, 2.24) is 14.6 Å². The van der Waals surface area contributed by atoms with Crippen molar-refractivity contribution < 1.29 is 4.79 Å². The van der Waals surface area contributed by atoms with Gasteiger partial charge < -0.3 is 5.73 Å². The smallest absolute Gasteiger partial charge is 0.176 e. The van der Waals surface area contributed by atoms with Crippen molar-refractivity contribution in [2.24, 2.45) is 5.73 Å². The number of nitrogens with two attached hydrogens (primary N) is 1. The van der Waals surface area contributed by atoms with Gasteiger partial charge in [-0.25, -0.2) is 9.50 Å². The average Bonchev–Trinajstić information content (AvgIpc) is 2.70. The van der Waals surface area contributed by atoms with Crippen LogP contribution in [0.25, 0.3) is 5.65 Å². The first-order chi connectivity index (χ1) is 7.61. The number of carbonyl (C=O) groups excluding carboxylic acids is 1. The molecule has 0 radical (unpaired) electrons. The zero-order chi connectivity index (χ0) is 11.7. The van der Waals surface area contributed by atoms with Crippen LogP contribution in [0.1, 0.15) is 35.9 Å². The third-order valence-corrected chi connectivity index (χ3v) is 2.38. The van der Waals surface area contributed by atoms with E-state index in [1.807, 2.05) is 13.8 Å². The zero-order valence-corrected chi connectivity index (χ0v) is 9.34. The van der Waals surface area contributed by atoms with Crippen LogP contribution in [0.4, 0.5) is 0 Å². The standard InChI is InChI=1S/C11H14N4O/c1-7(2)11-13-10-5-8(9(16)6-12)3-4-15(10)14-11/h3-5,7H,6,12H2,1-2H3. The molecule has 0 spiro atoms. The Balaban J connectivity index is 2.49. The molecule has 0 aromatic carbocycles. The summed E-state index contributed by atoms with van der Waals surface area (Å²) in [7, 11) is 0. The maximum absolute atomic E-state index is 11.4. The highest BCUT2D eigenvalue weighted by Crippen LogP contribution is 2.12. The average molecular weight is 218 g/mol. The molecular weight excluding hydrogens is 204 g/mol. The number of rotatable bonds is 3. The first kappa shape index (κ1) is 10.8. The van der Waals surface area contributed by atoms with Crippen LogP contribution in [0.3, 0.4) is 0 Å². The van der Waals surface area contributed by atoms with Gasteiger partial charge in [-0.05, 0) is 12.1 Å². The van der Waals surface area contributed by atoms with E-state index in [9.17, 15) is 4.79 Å². The number of fused-ring (bicyclic) bond motifs is 1. The molecule has 5 heteroatoms. The summed E-state index contributed by atoms with van der Waals surface area (Å²) in [6, 6.07) is 3.43. The Labute approximate surface area is 93.3 Å². The third kappa shape index (κ3) is 1.81. The summed E-state index contributed by atoms with van der Waals surface area (Å²) in [5.41, 5.74) is 6.57. The van der Waals surface area contributed by atoms with Gasteiger partial charge in [-0.15, -0.1) is 0 Å². The molecule has 0 bridgehead atoms. The molecule has 0 aliphatic rings. The van der Waals surface area contributed by atoms with Crippen molar-refractivity contribution in [1.29, 1.82) is 0 Å². The number of hydrogen-bond donors (Lipinski definition) is 1. The van der Waals surface area contributed by atoms with E-state index < -0.39 is 0 Å². The van der Waals surface area contributed by atoms with E-state index in [0.717, 1.165) is 5.82 Å². The summed E-state index contributed by atoms with van der Waals surface area (Å²) < 4.78 is 1.67. The highest BCUT2D eigenvalue weighted by Gasteiger charge is 2.09. The number of Topliss-reactive ketones (excluding diaryl/α,β-unsaturated/α-hetero) is 1. The van der Waals surface area contributed by atoms with Crippen molar-refractivity contribution in [2.45, 2.75) is 19.8 Å². The monoisotopic (exact) mass is 218 g/mol. The van der Waals surface area contributed by atoms with E-state index in [0.29, 0.717) is 11.2 Å². The molecule has 0 fully saturated rings. The second kappa shape index (κ2) is 4.02. The maximum atomic E-state index is 11.4. The molecular formula is C11H14N4O. The minimum Gasteiger partial charge on any atom is -0.324 e. The van der Waals surface area contributed by atoms with Crippen LogP contribution in [-0.2, 0) is 0 Å². The maximum Gasteiger partial charge on any atom is 0.176 e. The molecule has 0 aliphatic heterocycles. The first-order valence-corrected chi connectivity index (χ1v) is 5.21. The number of nitrogens with zero attached hydrogens (tertiary/aromatic N) is 3. The Morgan fingerprint density at radius 3 is 2.94 bits per heavy atom. The molecule has 0 unspecified atom stereocenters. The molecule has 84 valence electrons. The van der Waals surface area contributed by atoms with E-state index in [1.165, 1.54) is 0 Å². The van der Waals surface area contributed by atoms with Crippen LogP contribution >= 0.6 is 0 Å². The molecule has 0 amide bonds. The Kier molecular flexibility index (Phi) is 2.70. The molecule has 0 saturated heterocycles. The highest BCUT2D eigenvalue weighted by atomic mass is 16.1. The lowest BCUT2D eigenvalue weighted by Gasteiger charge is -1.97. The fourth-order valence-electron chi connectivity index (χ4n) is 1.43. The number of carbonyl (C=O) groups is 1. The van der Waals surface area contributed by atoms with Crippen LogP contribution in [0.5, 0.6) is 0 Å². The Hall–Kier alpha value is -1.75. The molecule has 2 aromatic rings. The molecule has 2 N–H and O–H groups in total. The number of aromatic nitrogens is 3. The van der Waals surface area contributed by atoms with Crippen molar-refractivity contribution in [3.63, 3.8) is 0 Å². The van der Waals surface area contributed by atoms with E-state index in [1.54, 1.807) is 22.8 Å². The molecule has 16 heavy (non-hydrogen) atoms. The van der Waals surface area contributed by atoms with E-state index >= 15 is 0 Å². The van der Waals surface area contributed by atoms with Gasteiger partial charge in [-0.2, -0.15) is 5.10 Å². The highest BCUT2D eigenvalue weighted by molar-refractivity contribution is 5.98. The SMILES string of the molecule is CC(C)c1nc2cc(C(=O)CN)ccn2n1. The second-order valence-corrected chi connectivity index (χ2v) is 3.97. The number of ketones is 1. The summed E-state index contributed by atoms with van der Waals surface area (Å²) in [5.74, 6) is 0.961. The summed E-state index contributed by atoms with van der Waals surface area (Å²) in [6.07, 6.45) is 1.73. The van der Waals surface area contributed by atoms with Crippen molar-refractivity contribution >= 4 is 11.4 Å².